The zero-order valence-corrected chi connectivity index (χ0v) is 17.2. The number of phenols is 2. The Bertz CT molecular complexity index is 1270. The van der Waals surface area contributed by atoms with E-state index < -0.39 is 0 Å². The standard InChI is InChI=1S/C23H22N2O3S/c1-12(2)16-10-17(19(27)11-18(16)26)22-21(23(29)25-24-22)15-8-9-20(28-3)14-7-5-4-6-13(14)15/h4-12,26-27H,1-3H3,(H2,24,25,29). The zero-order chi connectivity index (χ0) is 20.7. The molecule has 0 saturated heterocycles. The number of hydrogen-bond donors (Lipinski definition) is 4. The fourth-order valence-corrected chi connectivity index (χ4v) is 4.00. The van der Waals surface area contributed by atoms with Gasteiger partial charge in [0.1, 0.15) is 21.9 Å². The first-order valence-electron chi connectivity index (χ1n) is 9.35. The van der Waals surface area contributed by atoms with Crippen molar-refractivity contribution in [3.05, 3.63) is 58.7 Å². The molecule has 5 nitrogen and oxygen atoms in total. The van der Waals surface area contributed by atoms with Gasteiger partial charge in [-0.05, 0) is 40.6 Å². The smallest absolute Gasteiger partial charge is 0.128 e. The van der Waals surface area contributed by atoms with Crippen molar-refractivity contribution in [3.8, 4) is 39.6 Å². The Morgan fingerprint density at radius 2 is 1.62 bits per heavy atom. The van der Waals surface area contributed by atoms with Crippen LogP contribution >= 0.6 is 12.2 Å². The molecule has 0 aliphatic heterocycles. The second kappa shape index (κ2) is 7.29. The van der Waals surface area contributed by atoms with Crippen LogP contribution in [0.1, 0.15) is 25.3 Å². The predicted molar refractivity (Wildman–Crippen MR) is 118 cm³/mol. The van der Waals surface area contributed by atoms with Crippen LogP contribution < -0.4 is 4.74 Å². The van der Waals surface area contributed by atoms with E-state index in [0.29, 0.717) is 15.9 Å². The highest BCUT2D eigenvalue weighted by molar-refractivity contribution is 7.71. The van der Waals surface area contributed by atoms with Gasteiger partial charge in [-0.25, -0.2) is 0 Å². The molecule has 4 N–H and O–H groups in total. The highest BCUT2D eigenvalue weighted by Crippen LogP contribution is 2.43. The molecule has 29 heavy (non-hydrogen) atoms. The number of nitrogens with one attached hydrogen (secondary N) is 2. The summed E-state index contributed by atoms with van der Waals surface area (Å²) in [5, 5.41) is 28.9. The molecule has 3 aromatic carbocycles. The summed E-state index contributed by atoms with van der Waals surface area (Å²) in [6.45, 7) is 3.99. The summed E-state index contributed by atoms with van der Waals surface area (Å²) in [5.41, 5.74) is 3.72. The molecule has 0 aliphatic carbocycles. The molecule has 148 valence electrons. The Kier molecular flexibility index (Phi) is 4.80. The van der Waals surface area contributed by atoms with Gasteiger partial charge in [-0.1, -0.05) is 50.3 Å². The molecule has 1 heterocycles. The highest BCUT2D eigenvalue weighted by Gasteiger charge is 2.20. The molecule has 0 atom stereocenters. The van der Waals surface area contributed by atoms with Crippen LogP contribution in [0.2, 0.25) is 0 Å². The van der Waals surface area contributed by atoms with Gasteiger partial charge in [-0.3, -0.25) is 10.2 Å². The van der Waals surface area contributed by atoms with Crippen molar-refractivity contribution < 1.29 is 14.9 Å². The number of benzene rings is 3. The van der Waals surface area contributed by atoms with Crippen LogP contribution in [0.4, 0.5) is 0 Å². The van der Waals surface area contributed by atoms with Crippen molar-refractivity contribution in [2.75, 3.05) is 7.11 Å². The van der Waals surface area contributed by atoms with Crippen LogP contribution in [-0.4, -0.2) is 27.5 Å². The number of methoxy groups -OCH3 is 1. The Hall–Kier alpha value is -3.25. The predicted octanol–water partition coefficient (Wildman–Crippen LogP) is 6.10. The fourth-order valence-electron chi connectivity index (χ4n) is 3.74. The number of rotatable bonds is 4. The first-order chi connectivity index (χ1) is 13.9. The molecule has 4 aromatic rings. The Morgan fingerprint density at radius 1 is 0.897 bits per heavy atom. The Labute approximate surface area is 173 Å². The number of hydrogen-bond acceptors (Lipinski definition) is 4. The summed E-state index contributed by atoms with van der Waals surface area (Å²) in [6, 6.07) is 15.0. The largest absolute Gasteiger partial charge is 0.508 e. The number of ether oxygens (including phenoxy) is 1. The molecule has 0 amide bonds. The van der Waals surface area contributed by atoms with Crippen molar-refractivity contribution in [3.63, 3.8) is 0 Å². The van der Waals surface area contributed by atoms with Gasteiger partial charge >= 0.3 is 0 Å². The normalized spacial score (nSPS) is 11.3. The lowest BCUT2D eigenvalue weighted by Gasteiger charge is -2.14. The van der Waals surface area contributed by atoms with Crippen molar-refractivity contribution in [1.29, 1.82) is 0 Å². The molecule has 0 aliphatic rings. The van der Waals surface area contributed by atoms with Gasteiger partial charge in [0, 0.05) is 22.6 Å². The quantitative estimate of drug-likeness (QED) is 0.309. The SMILES string of the molecule is COc1ccc(-c2c(-c3cc(C(C)C)c(O)cc3O)[nH][nH]c2=S)c2ccccc12. The molecule has 0 saturated carbocycles. The average molecular weight is 407 g/mol. The van der Waals surface area contributed by atoms with Gasteiger partial charge in [-0.15, -0.1) is 0 Å². The van der Waals surface area contributed by atoms with Crippen molar-refractivity contribution in [2.45, 2.75) is 19.8 Å². The minimum atomic E-state index is -0.0174. The molecule has 0 radical (unpaired) electrons. The first-order valence-corrected chi connectivity index (χ1v) is 9.76. The van der Waals surface area contributed by atoms with Gasteiger partial charge in [0.25, 0.3) is 0 Å². The van der Waals surface area contributed by atoms with E-state index in [1.165, 1.54) is 6.07 Å². The van der Waals surface area contributed by atoms with Gasteiger partial charge in [0.2, 0.25) is 0 Å². The summed E-state index contributed by atoms with van der Waals surface area (Å²) in [6.07, 6.45) is 0. The Morgan fingerprint density at radius 3 is 2.31 bits per heavy atom. The molecule has 4 rings (SSSR count). The number of fused-ring (bicyclic) bond motifs is 1. The van der Waals surface area contributed by atoms with E-state index in [1.807, 2.05) is 50.2 Å². The van der Waals surface area contributed by atoms with E-state index in [0.717, 1.165) is 33.2 Å². The third kappa shape index (κ3) is 3.15. The number of H-pyrrole nitrogens is 2. The average Bonchev–Trinajstić information content (AvgIpc) is 3.08. The van der Waals surface area contributed by atoms with Gasteiger partial charge in [0.05, 0.1) is 12.8 Å². The number of phenolic OH excluding ortho intramolecular Hbond substituents is 2. The van der Waals surface area contributed by atoms with Crippen LogP contribution in [0, 0.1) is 4.64 Å². The molecule has 0 bridgehead atoms. The molecule has 0 unspecified atom stereocenters. The lowest BCUT2D eigenvalue weighted by Crippen LogP contribution is -1.92. The van der Waals surface area contributed by atoms with Crippen molar-refractivity contribution >= 4 is 23.0 Å². The van der Waals surface area contributed by atoms with E-state index in [4.69, 9.17) is 17.0 Å². The van der Waals surface area contributed by atoms with Gasteiger partial charge in [-0.2, -0.15) is 0 Å². The lowest BCUT2D eigenvalue weighted by molar-refractivity contribution is 0.420. The fraction of sp³-hybridized carbons (Fsp3) is 0.174. The van der Waals surface area contributed by atoms with Crippen LogP contribution in [0.3, 0.4) is 0 Å². The van der Waals surface area contributed by atoms with E-state index in [2.05, 4.69) is 10.2 Å². The van der Waals surface area contributed by atoms with Crippen molar-refractivity contribution in [2.24, 2.45) is 0 Å². The van der Waals surface area contributed by atoms with Crippen LogP contribution in [0.25, 0.3) is 33.2 Å². The van der Waals surface area contributed by atoms with E-state index in [1.54, 1.807) is 13.2 Å². The second-order valence-corrected chi connectivity index (χ2v) is 7.68. The van der Waals surface area contributed by atoms with Crippen LogP contribution in [0.15, 0.2) is 48.5 Å². The highest BCUT2D eigenvalue weighted by atomic mass is 32.1. The molecular weight excluding hydrogens is 384 g/mol. The maximum absolute atomic E-state index is 10.6. The summed E-state index contributed by atoms with van der Waals surface area (Å²) < 4.78 is 6.05. The maximum Gasteiger partial charge on any atom is 0.128 e. The summed E-state index contributed by atoms with van der Waals surface area (Å²) in [5.74, 6) is 0.940. The summed E-state index contributed by atoms with van der Waals surface area (Å²) in [7, 11) is 1.65. The Balaban J connectivity index is 2.02. The topological polar surface area (TPSA) is 81.3 Å². The lowest BCUT2D eigenvalue weighted by atomic mass is 9.93. The number of aromatic amines is 2. The second-order valence-electron chi connectivity index (χ2n) is 7.27. The molecule has 0 fully saturated rings. The minimum absolute atomic E-state index is 0.0174. The zero-order valence-electron chi connectivity index (χ0n) is 16.4. The van der Waals surface area contributed by atoms with E-state index in [9.17, 15) is 10.2 Å². The number of aromatic hydroxyl groups is 2. The van der Waals surface area contributed by atoms with Crippen LogP contribution in [-0.2, 0) is 0 Å². The summed E-state index contributed by atoms with van der Waals surface area (Å²) in [4.78, 5) is 0. The number of aromatic nitrogens is 2. The van der Waals surface area contributed by atoms with E-state index >= 15 is 0 Å². The third-order valence-corrected chi connectivity index (χ3v) is 5.49. The molecule has 6 heteroatoms. The molecule has 1 aromatic heterocycles. The van der Waals surface area contributed by atoms with Gasteiger partial charge in [0.15, 0.2) is 0 Å². The van der Waals surface area contributed by atoms with Crippen LogP contribution in [0.5, 0.6) is 17.2 Å². The molecule has 0 spiro atoms. The summed E-state index contributed by atoms with van der Waals surface area (Å²) >= 11 is 5.58. The first kappa shape index (κ1) is 19.1. The molecular formula is C23H22N2O3S. The van der Waals surface area contributed by atoms with E-state index in [-0.39, 0.29) is 17.4 Å². The minimum Gasteiger partial charge on any atom is -0.508 e. The maximum atomic E-state index is 10.6. The monoisotopic (exact) mass is 406 g/mol. The van der Waals surface area contributed by atoms with Crippen molar-refractivity contribution in [1.82, 2.24) is 10.2 Å². The van der Waals surface area contributed by atoms with Gasteiger partial charge < -0.3 is 14.9 Å². The third-order valence-electron chi connectivity index (χ3n) is 5.19.